The van der Waals surface area contributed by atoms with Crippen molar-refractivity contribution in [2.24, 2.45) is 0 Å². The van der Waals surface area contributed by atoms with Crippen molar-refractivity contribution in [3.8, 4) is 22.5 Å². The lowest BCUT2D eigenvalue weighted by Gasteiger charge is -2.36. The smallest absolute Gasteiger partial charge is 0.381 e. The molecule has 2 aromatic heterocycles. The third-order valence-electron chi connectivity index (χ3n) is 6.32. The number of nitrogens with one attached hydrogen (secondary N) is 1. The summed E-state index contributed by atoms with van der Waals surface area (Å²) in [4.78, 5) is 17.6. The molecule has 1 saturated heterocycles. The highest BCUT2D eigenvalue weighted by Gasteiger charge is 2.39. The van der Waals surface area contributed by atoms with Gasteiger partial charge in [-0.05, 0) is 47.5 Å². The molecule has 36 heavy (non-hydrogen) atoms. The zero-order valence-corrected chi connectivity index (χ0v) is 19.9. The highest BCUT2D eigenvalue weighted by Crippen LogP contribution is 2.40. The highest BCUT2D eigenvalue weighted by molar-refractivity contribution is 7.10. The lowest BCUT2D eigenvalue weighted by atomic mass is 9.78. The third kappa shape index (κ3) is 5.05. The Morgan fingerprint density at radius 2 is 1.75 bits per heavy atom. The molecule has 0 spiro atoms. The largest absolute Gasteiger partial charge is 0.471 e. The zero-order valence-electron chi connectivity index (χ0n) is 19.0. The molecule has 0 saturated carbocycles. The van der Waals surface area contributed by atoms with Gasteiger partial charge in [0.1, 0.15) is 0 Å². The number of nitrogens with zero attached hydrogens (tertiary/aromatic N) is 2. The first kappa shape index (κ1) is 24.2. The van der Waals surface area contributed by atoms with E-state index in [-0.39, 0.29) is 22.7 Å². The fraction of sp³-hybridized carbons (Fsp3) is 0.269. The molecule has 1 fully saturated rings. The minimum Gasteiger partial charge on any atom is -0.381 e. The molecular formula is C26H22F3N3O3S. The second-order valence-electron chi connectivity index (χ2n) is 8.64. The molecule has 0 radical (unpaired) electrons. The van der Waals surface area contributed by atoms with Gasteiger partial charge in [-0.25, -0.2) is 0 Å². The van der Waals surface area contributed by atoms with E-state index in [9.17, 15) is 18.0 Å². The summed E-state index contributed by atoms with van der Waals surface area (Å²) >= 11 is 1.68. The van der Waals surface area contributed by atoms with Crippen LogP contribution in [0.4, 0.5) is 13.2 Å². The van der Waals surface area contributed by atoms with Crippen LogP contribution in [0.2, 0.25) is 0 Å². The Kier molecular flexibility index (Phi) is 6.63. The highest BCUT2D eigenvalue weighted by atomic mass is 32.1. The van der Waals surface area contributed by atoms with Crippen molar-refractivity contribution in [2.45, 2.75) is 24.4 Å². The third-order valence-corrected chi connectivity index (χ3v) is 7.49. The molecule has 1 N–H and O–H groups in total. The number of hydrogen-bond donors (Lipinski definition) is 1. The number of ether oxygens (including phenoxy) is 1. The van der Waals surface area contributed by atoms with E-state index in [1.54, 1.807) is 23.5 Å². The predicted octanol–water partition coefficient (Wildman–Crippen LogP) is 5.96. The van der Waals surface area contributed by atoms with Crippen LogP contribution >= 0.6 is 11.3 Å². The Bertz CT molecular complexity index is 1340. The molecule has 0 bridgehead atoms. The summed E-state index contributed by atoms with van der Waals surface area (Å²) in [6.45, 7) is 1.61. The van der Waals surface area contributed by atoms with Crippen LogP contribution < -0.4 is 5.32 Å². The van der Waals surface area contributed by atoms with Crippen LogP contribution in [0.3, 0.4) is 0 Å². The van der Waals surface area contributed by atoms with Crippen LogP contribution in [0.25, 0.3) is 22.5 Å². The Morgan fingerprint density at radius 3 is 2.47 bits per heavy atom. The van der Waals surface area contributed by atoms with Gasteiger partial charge in [0, 0.05) is 41.2 Å². The zero-order chi connectivity index (χ0) is 25.2. The summed E-state index contributed by atoms with van der Waals surface area (Å²) in [6.07, 6.45) is -3.20. The molecule has 6 nitrogen and oxygen atoms in total. The molecule has 0 atom stereocenters. The minimum absolute atomic E-state index is 0.232. The van der Waals surface area contributed by atoms with Crippen molar-refractivity contribution >= 4 is 17.2 Å². The number of aromatic nitrogens is 2. The number of thiophene rings is 1. The van der Waals surface area contributed by atoms with Gasteiger partial charge in [0.2, 0.25) is 5.82 Å². The van der Waals surface area contributed by atoms with Crippen LogP contribution in [-0.4, -0.2) is 35.8 Å². The topological polar surface area (TPSA) is 77.2 Å². The summed E-state index contributed by atoms with van der Waals surface area (Å²) in [6, 6.07) is 18.5. The first-order chi connectivity index (χ1) is 17.3. The van der Waals surface area contributed by atoms with Gasteiger partial charge in [0.05, 0.1) is 0 Å². The van der Waals surface area contributed by atoms with Gasteiger partial charge in [0.25, 0.3) is 5.91 Å². The van der Waals surface area contributed by atoms with Crippen LogP contribution in [0.15, 0.2) is 70.6 Å². The van der Waals surface area contributed by atoms with E-state index in [4.69, 9.17) is 4.74 Å². The lowest BCUT2D eigenvalue weighted by molar-refractivity contribution is -0.159. The Labute approximate surface area is 209 Å². The first-order valence-corrected chi connectivity index (χ1v) is 12.2. The fourth-order valence-electron chi connectivity index (χ4n) is 4.28. The number of carbonyl (C=O) groups excluding carboxylic acids is 1. The second-order valence-corrected chi connectivity index (χ2v) is 9.55. The molecule has 186 valence electrons. The Hall–Kier alpha value is -3.50. The molecule has 10 heteroatoms. The molecular weight excluding hydrogens is 491 g/mol. The number of benzene rings is 2. The van der Waals surface area contributed by atoms with E-state index in [1.807, 2.05) is 18.2 Å². The maximum Gasteiger partial charge on any atom is 0.471 e. The van der Waals surface area contributed by atoms with Crippen molar-refractivity contribution in [1.82, 2.24) is 15.5 Å². The van der Waals surface area contributed by atoms with Crippen LogP contribution in [0.1, 0.15) is 34.0 Å². The van der Waals surface area contributed by atoms with Crippen LogP contribution in [0, 0.1) is 0 Å². The Morgan fingerprint density at radius 1 is 1.00 bits per heavy atom. The molecule has 2 aromatic carbocycles. The normalized spacial score (nSPS) is 15.5. The van der Waals surface area contributed by atoms with Gasteiger partial charge in [-0.3, -0.25) is 4.79 Å². The maximum atomic E-state index is 13.1. The maximum absolute atomic E-state index is 13.1. The summed E-state index contributed by atoms with van der Waals surface area (Å²) < 4.78 is 48.3. The summed E-state index contributed by atoms with van der Waals surface area (Å²) in [7, 11) is 0. The van der Waals surface area contributed by atoms with Crippen LogP contribution in [-0.2, 0) is 16.3 Å². The van der Waals surface area contributed by atoms with Crippen molar-refractivity contribution in [3.63, 3.8) is 0 Å². The van der Waals surface area contributed by atoms with Crippen molar-refractivity contribution in [1.29, 1.82) is 0 Å². The van der Waals surface area contributed by atoms with Gasteiger partial charge in [-0.2, -0.15) is 18.2 Å². The molecule has 1 aliphatic heterocycles. The van der Waals surface area contributed by atoms with Crippen LogP contribution in [0.5, 0.6) is 0 Å². The van der Waals surface area contributed by atoms with E-state index >= 15 is 0 Å². The van der Waals surface area contributed by atoms with Gasteiger partial charge in [0.15, 0.2) is 0 Å². The van der Waals surface area contributed by atoms with E-state index < -0.39 is 12.1 Å². The number of rotatable bonds is 6. The molecule has 0 unspecified atom stereocenters. The van der Waals surface area contributed by atoms with Crippen molar-refractivity contribution < 1.29 is 27.2 Å². The summed E-state index contributed by atoms with van der Waals surface area (Å²) in [5.74, 6) is -1.99. The molecule has 3 heterocycles. The first-order valence-electron chi connectivity index (χ1n) is 11.4. The van der Waals surface area contributed by atoms with E-state index in [0.717, 1.165) is 24.0 Å². The van der Waals surface area contributed by atoms with E-state index in [2.05, 4.69) is 43.6 Å². The molecule has 1 aliphatic rings. The van der Waals surface area contributed by atoms with E-state index in [0.29, 0.717) is 25.3 Å². The minimum atomic E-state index is -4.74. The average Bonchev–Trinajstić information content (AvgIpc) is 3.60. The van der Waals surface area contributed by atoms with Gasteiger partial charge in [-0.1, -0.05) is 47.6 Å². The number of alkyl halides is 3. The summed E-state index contributed by atoms with van der Waals surface area (Å²) in [5, 5.41) is 8.57. The second kappa shape index (κ2) is 9.87. The predicted molar refractivity (Wildman–Crippen MR) is 129 cm³/mol. The Balaban J connectivity index is 1.34. The number of carbonyl (C=O) groups is 1. The van der Waals surface area contributed by atoms with Crippen molar-refractivity contribution in [2.75, 3.05) is 19.8 Å². The number of hydrogen-bond acceptors (Lipinski definition) is 6. The molecule has 1 amide bonds. The number of amides is 1. The van der Waals surface area contributed by atoms with Gasteiger partial charge in [-0.15, -0.1) is 11.3 Å². The standard InChI is InChI=1S/C26H22F3N3O3S/c27-26(28,29)24-31-22(32-35-24)18-7-4-8-19(13-18)23(33)30-16-25(9-11-34-12-10-25)21-14-20(15-36-21)17-5-2-1-3-6-17/h1-8,13-15H,9-12,16H2,(H,30,33). The van der Waals surface area contributed by atoms with E-state index in [1.165, 1.54) is 17.0 Å². The quantitative estimate of drug-likeness (QED) is 0.344. The SMILES string of the molecule is O=C(NCC1(c2cc(-c3ccccc3)cs2)CCOCC1)c1cccc(-c2noc(C(F)(F)F)n2)c1. The van der Waals surface area contributed by atoms with Crippen molar-refractivity contribution in [3.05, 3.63) is 82.4 Å². The molecule has 5 rings (SSSR count). The fourth-order valence-corrected chi connectivity index (χ4v) is 5.46. The van der Waals surface area contributed by atoms with Gasteiger partial charge >= 0.3 is 12.1 Å². The monoisotopic (exact) mass is 513 g/mol. The molecule has 0 aliphatic carbocycles. The summed E-state index contributed by atoms with van der Waals surface area (Å²) in [5.41, 5.74) is 2.56. The molecule has 4 aromatic rings. The average molecular weight is 514 g/mol. The lowest BCUT2D eigenvalue weighted by Crippen LogP contribution is -2.44. The number of halogens is 3. The van der Waals surface area contributed by atoms with Gasteiger partial charge < -0.3 is 14.6 Å².